The second-order valence-corrected chi connectivity index (χ2v) is 6.22. The van der Waals surface area contributed by atoms with Gasteiger partial charge in [0, 0.05) is 12.5 Å². The highest BCUT2D eigenvalue weighted by molar-refractivity contribution is 8.00. The first-order chi connectivity index (χ1) is 10.6. The molecule has 0 aromatic carbocycles. The van der Waals surface area contributed by atoms with Crippen molar-refractivity contribution in [3.05, 3.63) is 17.1 Å². The molecule has 1 saturated carbocycles. The number of rotatable bonds is 7. The lowest BCUT2D eigenvalue weighted by Crippen LogP contribution is -2.26. The topological polar surface area (TPSA) is 81.2 Å². The molecule has 1 fully saturated rings. The minimum absolute atomic E-state index is 0.0631. The van der Waals surface area contributed by atoms with Crippen LogP contribution < -0.4 is 5.32 Å². The molecule has 1 aliphatic carbocycles. The quantitative estimate of drug-likeness (QED) is 0.470. The molecule has 1 amide bonds. The zero-order valence-electron chi connectivity index (χ0n) is 13.1. The molecule has 1 aromatic rings. The van der Waals surface area contributed by atoms with Crippen LogP contribution in [-0.4, -0.2) is 41.3 Å². The highest BCUT2D eigenvalue weighted by Crippen LogP contribution is 2.39. The van der Waals surface area contributed by atoms with E-state index in [1.807, 2.05) is 6.92 Å². The molecule has 1 aliphatic rings. The number of amides is 1. The summed E-state index contributed by atoms with van der Waals surface area (Å²) in [4.78, 5) is 32.6. The van der Waals surface area contributed by atoms with Crippen LogP contribution in [0.5, 0.6) is 0 Å². The summed E-state index contributed by atoms with van der Waals surface area (Å²) >= 11 is 1.26. The maximum Gasteiger partial charge on any atom is 0.342 e. The zero-order chi connectivity index (χ0) is 16.1. The van der Waals surface area contributed by atoms with Crippen molar-refractivity contribution in [3.63, 3.8) is 0 Å². The Kier molecular flexibility index (Phi) is 5.76. The Morgan fingerprint density at radius 2 is 2.09 bits per heavy atom. The van der Waals surface area contributed by atoms with Crippen molar-refractivity contribution in [1.29, 1.82) is 0 Å². The molecule has 0 radical (unpaired) electrons. The molecule has 0 aliphatic heterocycles. The van der Waals surface area contributed by atoms with E-state index < -0.39 is 5.97 Å². The molecule has 7 heteroatoms. The molecule has 1 aromatic heterocycles. The van der Waals surface area contributed by atoms with Crippen LogP contribution in [0.2, 0.25) is 0 Å². The van der Waals surface area contributed by atoms with E-state index in [9.17, 15) is 9.59 Å². The summed E-state index contributed by atoms with van der Waals surface area (Å²) in [6, 6.07) is 0. The van der Waals surface area contributed by atoms with E-state index in [2.05, 4.69) is 15.3 Å². The van der Waals surface area contributed by atoms with Gasteiger partial charge in [-0.25, -0.2) is 14.8 Å². The second kappa shape index (κ2) is 7.58. The first-order valence-electron chi connectivity index (χ1n) is 7.43. The standard InChI is InChI=1S/C15H21N3O3S/c1-4-7-16-11(19)8-22-14-12(15(20)21-3)9(2)17-13(18-14)10-5-6-10/h10H,4-8H2,1-3H3,(H,16,19). The molecule has 0 unspecified atom stereocenters. The van der Waals surface area contributed by atoms with Crippen LogP contribution >= 0.6 is 11.8 Å². The lowest BCUT2D eigenvalue weighted by molar-refractivity contribution is -0.118. The van der Waals surface area contributed by atoms with E-state index in [1.54, 1.807) is 6.92 Å². The molecule has 0 saturated heterocycles. The van der Waals surface area contributed by atoms with Gasteiger partial charge < -0.3 is 10.1 Å². The predicted octanol–water partition coefficient (Wildman–Crippen LogP) is 2.07. The zero-order valence-corrected chi connectivity index (χ0v) is 14.0. The van der Waals surface area contributed by atoms with Gasteiger partial charge in [-0.1, -0.05) is 18.7 Å². The van der Waals surface area contributed by atoms with Crippen molar-refractivity contribution < 1.29 is 14.3 Å². The fraction of sp³-hybridized carbons (Fsp3) is 0.600. The largest absolute Gasteiger partial charge is 0.465 e. The number of ether oxygens (including phenoxy) is 1. The van der Waals surface area contributed by atoms with E-state index >= 15 is 0 Å². The van der Waals surface area contributed by atoms with Crippen molar-refractivity contribution in [2.45, 2.75) is 44.1 Å². The molecular weight excluding hydrogens is 302 g/mol. The Labute approximate surface area is 134 Å². The summed E-state index contributed by atoms with van der Waals surface area (Å²) in [5.74, 6) is 0.855. The summed E-state index contributed by atoms with van der Waals surface area (Å²) in [7, 11) is 1.33. The maximum absolute atomic E-state index is 12.0. The Balaban J connectivity index is 2.18. The number of nitrogens with zero attached hydrogens (tertiary/aromatic N) is 2. The van der Waals surface area contributed by atoms with Crippen molar-refractivity contribution in [2.24, 2.45) is 0 Å². The number of aryl methyl sites for hydroxylation is 1. The van der Waals surface area contributed by atoms with E-state index in [4.69, 9.17) is 4.74 Å². The van der Waals surface area contributed by atoms with Crippen LogP contribution in [0.1, 0.15) is 54.0 Å². The summed E-state index contributed by atoms with van der Waals surface area (Å²) in [6.07, 6.45) is 3.05. The van der Waals surface area contributed by atoms with Gasteiger partial charge in [-0.2, -0.15) is 0 Å². The van der Waals surface area contributed by atoms with Gasteiger partial charge in [-0.3, -0.25) is 4.79 Å². The highest BCUT2D eigenvalue weighted by Gasteiger charge is 2.29. The lowest BCUT2D eigenvalue weighted by atomic mass is 10.2. The van der Waals surface area contributed by atoms with Gasteiger partial charge in [0.25, 0.3) is 0 Å². The van der Waals surface area contributed by atoms with Crippen LogP contribution in [0, 0.1) is 6.92 Å². The fourth-order valence-electron chi connectivity index (χ4n) is 1.98. The molecule has 1 N–H and O–H groups in total. The van der Waals surface area contributed by atoms with Gasteiger partial charge in [-0.05, 0) is 26.2 Å². The first kappa shape index (κ1) is 16.7. The molecule has 120 valence electrons. The number of hydrogen-bond acceptors (Lipinski definition) is 6. The number of methoxy groups -OCH3 is 1. The average molecular weight is 323 g/mol. The third-order valence-corrected chi connectivity index (χ3v) is 4.29. The number of nitrogens with one attached hydrogen (secondary N) is 1. The lowest BCUT2D eigenvalue weighted by Gasteiger charge is -2.11. The first-order valence-corrected chi connectivity index (χ1v) is 8.41. The monoisotopic (exact) mass is 323 g/mol. The number of esters is 1. The third-order valence-electron chi connectivity index (χ3n) is 3.32. The van der Waals surface area contributed by atoms with Gasteiger partial charge >= 0.3 is 5.97 Å². The molecule has 0 bridgehead atoms. The van der Waals surface area contributed by atoms with E-state index in [1.165, 1.54) is 18.9 Å². The van der Waals surface area contributed by atoms with E-state index in [0.717, 1.165) is 25.1 Å². The predicted molar refractivity (Wildman–Crippen MR) is 84.1 cm³/mol. The van der Waals surface area contributed by atoms with Crippen LogP contribution in [0.25, 0.3) is 0 Å². The smallest absolute Gasteiger partial charge is 0.342 e. The molecule has 6 nitrogen and oxygen atoms in total. The average Bonchev–Trinajstić information content (AvgIpc) is 3.34. The van der Waals surface area contributed by atoms with Gasteiger partial charge in [0.1, 0.15) is 16.4 Å². The third kappa shape index (κ3) is 4.19. The van der Waals surface area contributed by atoms with E-state index in [-0.39, 0.29) is 11.7 Å². The normalized spacial score (nSPS) is 13.8. The second-order valence-electron chi connectivity index (χ2n) is 5.25. The Bertz CT molecular complexity index is 573. The minimum Gasteiger partial charge on any atom is -0.465 e. The van der Waals surface area contributed by atoms with Gasteiger partial charge in [0.2, 0.25) is 5.91 Å². The Hall–Kier alpha value is -1.63. The van der Waals surface area contributed by atoms with Gasteiger partial charge in [0.05, 0.1) is 18.6 Å². The molecule has 22 heavy (non-hydrogen) atoms. The summed E-state index contributed by atoms with van der Waals surface area (Å²) in [5.41, 5.74) is 0.973. The van der Waals surface area contributed by atoms with Crippen LogP contribution in [-0.2, 0) is 9.53 Å². The van der Waals surface area contributed by atoms with Crippen LogP contribution in [0.15, 0.2) is 5.03 Å². The molecule has 0 atom stereocenters. The Morgan fingerprint density at radius 3 is 2.68 bits per heavy atom. The summed E-state index contributed by atoms with van der Waals surface area (Å²) in [5, 5.41) is 3.35. The molecule has 1 heterocycles. The van der Waals surface area contributed by atoms with Crippen molar-refractivity contribution >= 4 is 23.6 Å². The number of aromatic nitrogens is 2. The molecule has 2 rings (SSSR count). The van der Waals surface area contributed by atoms with Crippen LogP contribution in [0.4, 0.5) is 0 Å². The fourth-order valence-corrected chi connectivity index (χ4v) is 2.89. The molecule has 0 spiro atoms. The minimum atomic E-state index is -0.462. The van der Waals surface area contributed by atoms with Gasteiger partial charge in [0.15, 0.2) is 0 Å². The van der Waals surface area contributed by atoms with Gasteiger partial charge in [-0.15, -0.1) is 0 Å². The number of carbonyl (C=O) groups excluding carboxylic acids is 2. The number of carbonyl (C=O) groups is 2. The van der Waals surface area contributed by atoms with Crippen molar-refractivity contribution in [1.82, 2.24) is 15.3 Å². The molecular formula is C15H21N3O3S. The Morgan fingerprint density at radius 1 is 1.36 bits per heavy atom. The summed E-state index contributed by atoms with van der Waals surface area (Å²) < 4.78 is 4.81. The number of thioether (sulfide) groups is 1. The summed E-state index contributed by atoms with van der Waals surface area (Å²) in [6.45, 7) is 4.43. The van der Waals surface area contributed by atoms with Crippen LogP contribution in [0.3, 0.4) is 0 Å². The number of hydrogen-bond donors (Lipinski definition) is 1. The van der Waals surface area contributed by atoms with Crippen molar-refractivity contribution in [3.8, 4) is 0 Å². The maximum atomic E-state index is 12.0. The van der Waals surface area contributed by atoms with E-state index in [0.29, 0.717) is 28.7 Å². The highest BCUT2D eigenvalue weighted by atomic mass is 32.2. The SMILES string of the molecule is CCCNC(=O)CSc1nc(C2CC2)nc(C)c1C(=O)OC. The van der Waals surface area contributed by atoms with Crippen molar-refractivity contribution in [2.75, 3.05) is 19.4 Å².